The lowest BCUT2D eigenvalue weighted by Crippen LogP contribution is -2.41. The van der Waals surface area contributed by atoms with Gasteiger partial charge in [0.25, 0.3) is 0 Å². The van der Waals surface area contributed by atoms with Crippen LogP contribution in [0.3, 0.4) is 0 Å². The van der Waals surface area contributed by atoms with Crippen LogP contribution in [0, 0.1) is 35.5 Å². The Hall–Kier alpha value is -1.32. The summed E-state index contributed by atoms with van der Waals surface area (Å²) in [7, 11) is 0. The maximum atomic E-state index is 12.0. The van der Waals surface area contributed by atoms with Gasteiger partial charge in [-0.25, -0.2) is 0 Å². The number of hydrogen-bond acceptors (Lipinski definition) is 4. The molecule has 0 aliphatic heterocycles. The fourth-order valence-corrected chi connectivity index (χ4v) is 5.08. The van der Waals surface area contributed by atoms with Gasteiger partial charge in [-0.15, -0.1) is 0 Å². The van der Waals surface area contributed by atoms with Crippen LogP contribution >= 0.6 is 0 Å². The molecule has 94 valence electrons. The SMILES string of the molecule is O=C1C(=O)C2CCC3C(=O)C(=O)C4CCC1C2C43. The smallest absolute Gasteiger partial charge is 0.202 e. The van der Waals surface area contributed by atoms with Crippen LogP contribution in [0.1, 0.15) is 25.7 Å². The van der Waals surface area contributed by atoms with Crippen LogP contribution in [0.5, 0.6) is 0 Å². The van der Waals surface area contributed by atoms with Gasteiger partial charge in [-0.3, -0.25) is 19.2 Å². The van der Waals surface area contributed by atoms with E-state index < -0.39 is 0 Å². The Bertz CT molecular complexity index is 416. The van der Waals surface area contributed by atoms with Gasteiger partial charge in [0.1, 0.15) is 0 Å². The average molecular weight is 246 g/mol. The lowest BCUT2D eigenvalue weighted by molar-refractivity contribution is -0.138. The van der Waals surface area contributed by atoms with Gasteiger partial charge in [-0.1, -0.05) is 0 Å². The molecule has 0 N–H and O–H groups in total. The Kier molecular flexibility index (Phi) is 1.86. The molecule has 0 radical (unpaired) electrons. The summed E-state index contributed by atoms with van der Waals surface area (Å²) in [6.07, 6.45) is 2.49. The maximum Gasteiger partial charge on any atom is 0.202 e. The second-order valence-corrected chi connectivity index (χ2v) is 6.19. The van der Waals surface area contributed by atoms with Gasteiger partial charge in [0.15, 0.2) is 0 Å². The summed E-state index contributed by atoms with van der Waals surface area (Å²) in [4.78, 5) is 47.8. The lowest BCUT2D eigenvalue weighted by atomic mass is 9.60. The van der Waals surface area contributed by atoms with Crippen molar-refractivity contribution in [1.82, 2.24) is 0 Å². The van der Waals surface area contributed by atoms with E-state index in [4.69, 9.17) is 0 Å². The van der Waals surface area contributed by atoms with E-state index >= 15 is 0 Å². The van der Waals surface area contributed by atoms with Crippen LogP contribution in [0.4, 0.5) is 0 Å². The van der Waals surface area contributed by atoms with Gasteiger partial charge in [-0.2, -0.15) is 0 Å². The second kappa shape index (κ2) is 3.16. The van der Waals surface area contributed by atoms with Crippen molar-refractivity contribution in [1.29, 1.82) is 0 Å². The summed E-state index contributed by atoms with van der Waals surface area (Å²) in [6, 6.07) is 0. The standard InChI is InChI=1S/C14H14O4/c15-11-5-1-2-6-10-8(14(18)12(6)16)4-3-7(9(5)10)13(11)17/h5-10H,1-4H2. The number of Topliss-reactive ketones (excluding diaryl/α,β-unsaturated/α-hetero) is 4. The van der Waals surface area contributed by atoms with E-state index in [-0.39, 0.29) is 58.6 Å². The molecule has 0 saturated heterocycles. The molecule has 4 heteroatoms. The molecule has 0 bridgehead atoms. The van der Waals surface area contributed by atoms with Crippen molar-refractivity contribution in [3.05, 3.63) is 0 Å². The summed E-state index contributed by atoms with van der Waals surface area (Å²) in [6.45, 7) is 0. The first-order valence-electron chi connectivity index (χ1n) is 6.77. The normalized spacial score (nSPS) is 49.8. The van der Waals surface area contributed by atoms with Crippen molar-refractivity contribution in [3.8, 4) is 0 Å². The average Bonchev–Trinajstić information content (AvgIpc) is 2.77. The van der Waals surface area contributed by atoms with Gasteiger partial charge >= 0.3 is 0 Å². The molecule has 4 nitrogen and oxygen atoms in total. The van der Waals surface area contributed by atoms with E-state index in [1.54, 1.807) is 0 Å². The van der Waals surface area contributed by atoms with Crippen molar-refractivity contribution in [3.63, 3.8) is 0 Å². The Balaban J connectivity index is 1.83. The summed E-state index contributed by atoms with van der Waals surface area (Å²) < 4.78 is 0. The van der Waals surface area contributed by atoms with Gasteiger partial charge in [0, 0.05) is 23.7 Å². The first kappa shape index (κ1) is 10.6. The molecule has 4 fully saturated rings. The zero-order valence-electron chi connectivity index (χ0n) is 9.93. The summed E-state index contributed by atoms with van der Waals surface area (Å²) in [5, 5.41) is 0. The molecular formula is C14H14O4. The highest BCUT2D eigenvalue weighted by Crippen LogP contribution is 2.58. The van der Waals surface area contributed by atoms with E-state index in [1.807, 2.05) is 0 Å². The Morgan fingerprint density at radius 2 is 0.722 bits per heavy atom. The monoisotopic (exact) mass is 246 g/mol. The number of carbonyl (C=O) groups excluding carboxylic acids is 4. The highest BCUT2D eigenvalue weighted by atomic mass is 16.2. The molecule has 0 aromatic carbocycles. The van der Waals surface area contributed by atoms with Crippen LogP contribution in [0.25, 0.3) is 0 Å². The van der Waals surface area contributed by atoms with Crippen LogP contribution in [-0.4, -0.2) is 23.1 Å². The van der Waals surface area contributed by atoms with Crippen LogP contribution < -0.4 is 0 Å². The minimum Gasteiger partial charge on any atom is -0.291 e. The van der Waals surface area contributed by atoms with Crippen molar-refractivity contribution in [2.75, 3.05) is 0 Å². The minimum atomic E-state index is -0.226. The van der Waals surface area contributed by atoms with E-state index in [0.29, 0.717) is 25.7 Å². The topological polar surface area (TPSA) is 68.3 Å². The molecule has 4 aliphatic rings. The van der Waals surface area contributed by atoms with Crippen molar-refractivity contribution in [2.45, 2.75) is 25.7 Å². The van der Waals surface area contributed by atoms with E-state index in [9.17, 15) is 19.2 Å². The van der Waals surface area contributed by atoms with Crippen LogP contribution in [-0.2, 0) is 19.2 Å². The molecule has 18 heavy (non-hydrogen) atoms. The van der Waals surface area contributed by atoms with Crippen molar-refractivity contribution >= 4 is 23.1 Å². The fraction of sp³-hybridized carbons (Fsp3) is 0.714. The predicted molar refractivity (Wildman–Crippen MR) is 59.4 cm³/mol. The molecule has 4 saturated carbocycles. The molecular weight excluding hydrogens is 232 g/mol. The number of carbonyl (C=O) groups is 4. The predicted octanol–water partition coefficient (Wildman–Crippen LogP) is 0.575. The maximum absolute atomic E-state index is 12.0. The summed E-state index contributed by atoms with van der Waals surface area (Å²) >= 11 is 0. The van der Waals surface area contributed by atoms with Crippen molar-refractivity contribution < 1.29 is 19.2 Å². The molecule has 0 heterocycles. The van der Waals surface area contributed by atoms with Crippen LogP contribution in [0.2, 0.25) is 0 Å². The summed E-state index contributed by atoms with van der Waals surface area (Å²) in [5.74, 6) is -1.67. The highest BCUT2D eigenvalue weighted by Gasteiger charge is 2.64. The zero-order chi connectivity index (χ0) is 12.6. The fourth-order valence-electron chi connectivity index (χ4n) is 5.08. The first-order chi connectivity index (χ1) is 8.61. The Labute approximate surface area is 104 Å². The molecule has 0 spiro atoms. The summed E-state index contributed by atoms with van der Waals surface area (Å²) in [5.41, 5.74) is 0. The lowest BCUT2D eigenvalue weighted by Gasteiger charge is -2.42. The Morgan fingerprint density at radius 3 is 0.944 bits per heavy atom. The number of ketones is 4. The molecule has 4 atom stereocenters. The van der Waals surface area contributed by atoms with Crippen LogP contribution in [0.15, 0.2) is 0 Å². The van der Waals surface area contributed by atoms with Gasteiger partial charge in [-0.05, 0) is 37.5 Å². The second-order valence-electron chi connectivity index (χ2n) is 6.19. The van der Waals surface area contributed by atoms with E-state index in [1.165, 1.54) is 0 Å². The Morgan fingerprint density at radius 1 is 0.500 bits per heavy atom. The largest absolute Gasteiger partial charge is 0.291 e. The molecule has 4 aliphatic carbocycles. The van der Waals surface area contributed by atoms with Gasteiger partial charge in [0.2, 0.25) is 23.1 Å². The molecule has 0 aromatic heterocycles. The number of rotatable bonds is 0. The molecule has 4 rings (SSSR count). The van der Waals surface area contributed by atoms with Gasteiger partial charge < -0.3 is 0 Å². The minimum absolute atomic E-state index is 0.00194. The molecule has 4 unspecified atom stereocenters. The van der Waals surface area contributed by atoms with E-state index in [0.717, 1.165) is 0 Å². The molecule has 0 aromatic rings. The third kappa shape index (κ3) is 0.990. The third-order valence-electron chi connectivity index (χ3n) is 5.71. The highest BCUT2D eigenvalue weighted by molar-refractivity contribution is 6.43. The van der Waals surface area contributed by atoms with Crippen molar-refractivity contribution in [2.24, 2.45) is 35.5 Å². The van der Waals surface area contributed by atoms with Gasteiger partial charge in [0.05, 0.1) is 0 Å². The molecule has 0 amide bonds. The van der Waals surface area contributed by atoms with E-state index in [2.05, 4.69) is 0 Å². The third-order valence-corrected chi connectivity index (χ3v) is 5.71. The quantitative estimate of drug-likeness (QED) is 0.586. The zero-order valence-corrected chi connectivity index (χ0v) is 9.93. The first-order valence-corrected chi connectivity index (χ1v) is 6.77. The number of hydrogen-bond donors (Lipinski definition) is 0.